The van der Waals surface area contributed by atoms with E-state index in [1.54, 1.807) is 20.3 Å². The first kappa shape index (κ1) is 18.8. The second-order valence-electron chi connectivity index (χ2n) is 5.24. The molecule has 0 radical (unpaired) electrons. The number of rotatable bonds is 6. The fourth-order valence-corrected chi connectivity index (χ4v) is 2.14. The molecular weight excluding hydrogens is 342 g/mol. The van der Waals surface area contributed by atoms with Crippen LogP contribution in [-0.4, -0.2) is 45.8 Å². The summed E-state index contributed by atoms with van der Waals surface area (Å²) in [6.45, 7) is 3.49. The summed E-state index contributed by atoms with van der Waals surface area (Å²) < 4.78 is 12.4. The third-order valence-electron chi connectivity index (χ3n) is 3.30. The lowest BCUT2D eigenvalue weighted by atomic mass is 10.4. The molecule has 0 unspecified atom stereocenters. The molecule has 0 aliphatic rings. The Balaban J connectivity index is 2.09. The number of methoxy groups -OCH3 is 1. The summed E-state index contributed by atoms with van der Waals surface area (Å²) in [4.78, 5) is 39.6. The Kier molecular flexibility index (Phi) is 5.78. The van der Waals surface area contributed by atoms with Gasteiger partial charge in [0.15, 0.2) is 5.82 Å². The molecule has 0 saturated carbocycles. The van der Waals surface area contributed by atoms with Gasteiger partial charge in [-0.25, -0.2) is 14.6 Å². The second-order valence-corrected chi connectivity index (χ2v) is 5.24. The first-order valence-corrected chi connectivity index (χ1v) is 7.49. The van der Waals surface area contributed by atoms with Crippen LogP contribution in [0.25, 0.3) is 0 Å². The van der Waals surface area contributed by atoms with Crippen molar-refractivity contribution in [1.29, 1.82) is 0 Å². The zero-order valence-corrected chi connectivity index (χ0v) is 14.6. The Hall–Kier alpha value is -3.56. The van der Waals surface area contributed by atoms with Crippen LogP contribution in [0.1, 0.15) is 21.1 Å². The molecule has 0 saturated heterocycles. The Morgan fingerprint density at radius 1 is 1.23 bits per heavy atom. The molecule has 0 spiro atoms. The maximum absolute atomic E-state index is 12.4. The van der Waals surface area contributed by atoms with E-state index in [2.05, 4.69) is 26.9 Å². The normalized spacial score (nSPS) is 10.1. The number of carbonyl (C=O) groups is 3. The predicted molar refractivity (Wildman–Crippen MR) is 93.1 cm³/mol. The van der Waals surface area contributed by atoms with Crippen molar-refractivity contribution >= 4 is 29.5 Å². The summed E-state index contributed by atoms with van der Waals surface area (Å²) in [5.74, 6) is -0.806. The van der Waals surface area contributed by atoms with Crippen LogP contribution in [0.2, 0.25) is 0 Å². The van der Waals surface area contributed by atoms with E-state index in [4.69, 9.17) is 4.74 Å². The smallest absolute Gasteiger partial charge is 0.413 e. The van der Waals surface area contributed by atoms with Crippen LogP contribution in [0.5, 0.6) is 0 Å². The minimum absolute atomic E-state index is 0.0581. The molecule has 2 aromatic rings. The number of imidazole rings is 1. The van der Waals surface area contributed by atoms with Gasteiger partial charge < -0.3 is 23.9 Å². The molecule has 2 N–H and O–H groups in total. The third-order valence-corrected chi connectivity index (χ3v) is 3.30. The lowest BCUT2D eigenvalue weighted by Gasteiger charge is -2.02. The predicted octanol–water partition coefficient (Wildman–Crippen LogP) is 1.53. The van der Waals surface area contributed by atoms with Gasteiger partial charge in [0.05, 0.1) is 12.8 Å². The molecule has 2 heterocycles. The molecule has 0 aliphatic carbocycles. The van der Waals surface area contributed by atoms with Crippen molar-refractivity contribution in [3.8, 4) is 0 Å². The van der Waals surface area contributed by atoms with Crippen molar-refractivity contribution in [3.63, 3.8) is 0 Å². The van der Waals surface area contributed by atoms with E-state index in [-0.39, 0.29) is 23.9 Å². The molecule has 0 atom stereocenters. The van der Waals surface area contributed by atoms with Crippen molar-refractivity contribution < 1.29 is 23.9 Å². The first-order chi connectivity index (χ1) is 12.3. The molecule has 0 bridgehead atoms. The highest BCUT2D eigenvalue weighted by Gasteiger charge is 2.18. The number of carbonyl (C=O) groups excluding carboxylic acids is 3. The molecule has 0 aliphatic heterocycles. The number of aryl methyl sites for hydroxylation is 2. The number of nitrogens with one attached hydrogen (secondary N) is 2. The summed E-state index contributed by atoms with van der Waals surface area (Å²) >= 11 is 0. The SMILES string of the molecule is C=CCOC(=O)Nc1cn(C)c(C(=O)Nc2cc(C(=O)OC)n(C)c2)n1. The van der Waals surface area contributed by atoms with Gasteiger partial charge in [0.1, 0.15) is 12.3 Å². The zero-order chi connectivity index (χ0) is 19.3. The lowest BCUT2D eigenvalue weighted by Crippen LogP contribution is -2.17. The molecule has 0 fully saturated rings. The van der Waals surface area contributed by atoms with Gasteiger partial charge in [-0.1, -0.05) is 12.7 Å². The highest BCUT2D eigenvalue weighted by molar-refractivity contribution is 6.03. The van der Waals surface area contributed by atoms with Crippen LogP contribution in [0.4, 0.5) is 16.3 Å². The van der Waals surface area contributed by atoms with Gasteiger partial charge in [-0.3, -0.25) is 10.1 Å². The summed E-state index contributed by atoms with van der Waals surface area (Å²) in [5.41, 5.74) is 0.691. The van der Waals surface area contributed by atoms with Crippen LogP contribution in [0, 0.1) is 0 Å². The van der Waals surface area contributed by atoms with Gasteiger partial charge in [-0.2, -0.15) is 0 Å². The molecule has 0 aromatic carbocycles. The lowest BCUT2D eigenvalue weighted by molar-refractivity contribution is 0.0589. The fourth-order valence-electron chi connectivity index (χ4n) is 2.14. The van der Waals surface area contributed by atoms with Crippen LogP contribution in [-0.2, 0) is 23.6 Å². The average Bonchev–Trinajstić information content (AvgIpc) is 3.14. The molecule has 2 rings (SSSR count). The van der Waals surface area contributed by atoms with Gasteiger partial charge in [-0.15, -0.1) is 0 Å². The molecule has 2 amide bonds. The molecular formula is C16H19N5O5. The van der Waals surface area contributed by atoms with Gasteiger partial charge in [-0.05, 0) is 6.07 Å². The Bertz CT molecular complexity index is 851. The first-order valence-electron chi connectivity index (χ1n) is 7.49. The van der Waals surface area contributed by atoms with E-state index in [9.17, 15) is 14.4 Å². The zero-order valence-electron chi connectivity index (χ0n) is 14.6. The monoisotopic (exact) mass is 361 g/mol. The number of anilines is 2. The van der Waals surface area contributed by atoms with Gasteiger partial charge in [0.25, 0.3) is 5.91 Å². The van der Waals surface area contributed by atoms with E-state index in [0.717, 1.165) is 0 Å². The second kappa shape index (κ2) is 8.01. The number of hydrogen-bond acceptors (Lipinski definition) is 6. The summed E-state index contributed by atoms with van der Waals surface area (Å²) in [6, 6.07) is 1.48. The van der Waals surface area contributed by atoms with Crippen LogP contribution >= 0.6 is 0 Å². The number of ether oxygens (including phenoxy) is 2. The standard InChI is InChI=1S/C16H19N5O5/c1-5-6-26-16(24)19-12-9-21(3)13(18-12)14(22)17-10-7-11(15(23)25-4)20(2)8-10/h5,7-9H,1,6H2,2-4H3,(H,17,22)(H,19,24). The number of nitrogens with zero attached hydrogens (tertiary/aromatic N) is 3. The number of esters is 1. The molecule has 10 heteroatoms. The van der Waals surface area contributed by atoms with Gasteiger partial charge in [0, 0.05) is 26.5 Å². The molecule has 10 nitrogen and oxygen atoms in total. The van der Waals surface area contributed by atoms with Gasteiger partial charge >= 0.3 is 12.1 Å². The van der Waals surface area contributed by atoms with Crippen LogP contribution in [0.3, 0.4) is 0 Å². The summed E-state index contributed by atoms with van der Waals surface area (Å²) in [5, 5.41) is 5.04. The highest BCUT2D eigenvalue weighted by atomic mass is 16.5. The maximum Gasteiger partial charge on any atom is 0.413 e. The highest BCUT2D eigenvalue weighted by Crippen LogP contribution is 2.15. The van der Waals surface area contributed by atoms with Crippen molar-refractivity contribution in [2.24, 2.45) is 14.1 Å². The van der Waals surface area contributed by atoms with Crippen molar-refractivity contribution in [2.45, 2.75) is 0 Å². The molecule has 26 heavy (non-hydrogen) atoms. The van der Waals surface area contributed by atoms with Crippen molar-refractivity contribution in [3.05, 3.63) is 42.6 Å². The largest absolute Gasteiger partial charge is 0.464 e. The van der Waals surface area contributed by atoms with E-state index < -0.39 is 18.0 Å². The van der Waals surface area contributed by atoms with E-state index in [1.807, 2.05) is 0 Å². The Morgan fingerprint density at radius 3 is 2.62 bits per heavy atom. The minimum atomic E-state index is -0.708. The quantitative estimate of drug-likeness (QED) is 0.595. The summed E-state index contributed by atoms with van der Waals surface area (Å²) in [6.07, 6.45) is 3.76. The summed E-state index contributed by atoms with van der Waals surface area (Å²) in [7, 11) is 4.53. The van der Waals surface area contributed by atoms with E-state index >= 15 is 0 Å². The molecule has 2 aromatic heterocycles. The van der Waals surface area contributed by atoms with Crippen molar-refractivity contribution in [2.75, 3.05) is 24.4 Å². The van der Waals surface area contributed by atoms with Crippen molar-refractivity contribution in [1.82, 2.24) is 14.1 Å². The number of aromatic nitrogens is 3. The number of hydrogen-bond donors (Lipinski definition) is 2. The van der Waals surface area contributed by atoms with Crippen LogP contribution < -0.4 is 10.6 Å². The Labute approximate surface area is 149 Å². The fraction of sp³-hybridized carbons (Fsp3) is 0.250. The average molecular weight is 361 g/mol. The minimum Gasteiger partial charge on any atom is -0.464 e. The Morgan fingerprint density at radius 2 is 1.96 bits per heavy atom. The number of amides is 2. The topological polar surface area (TPSA) is 116 Å². The maximum atomic E-state index is 12.4. The third kappa shape index (κ3) is 4.29. The van der Waals surface area contributed by atoms with Gasteiger partial charge in [0.2, 0.25) is 5.82 Å². The molecule has 138 valence electrons. The van der Waals surface area contributed by atoms with E-state index in [1.165, 1.54) is 34.6 Å². The van der Waals surface area contributed by atoms with Crippen LogP contribution in [0.15, 0.2) is 31.1 Å². The van der Waals surface area contributed by atoms with E-state index in [0.29, 0.717) is 5.69 Å².